The Morgan fingerprint density at radius 3 is 2.32 bits per heavy atom. The molecule has 3 rings (SSSR count). The van der Waals surface area contributed by atoms with Crippen molar-refractivity contribution in [2.45, 2.75) is 52.1 Å². The highest BCUT2D eigenvalue weighted by molar-refractivity contribution is 6.02. The van der Waals surface area contributed by atoms with E-state index in [2.05, 4.69) is 6.92 Å². The zero-order chi connectivity index (χ0) is 24.5. The van der Waals surface area contributed by atoms with Gasteiger partial charge in [-0.25, -0.2) is 4.79 Å². The van der Waals surface area contributed by atoms with Gasteiger partial charge in [-0.3, -0.25) is 14.4 Å². The number of unbranched alkanes of at least 4 members (excludes halogenated alkanes) is 2. The zero-order valence-corrected chi connectivity index (χ0v) is 19.7. The molecule has 1 aliphatic heterocycles. The van der Waals surface area contributed by atoms with Crippen molar-refractivity contribution in [3.8, 4) is 0 Å². The van der Waals surface area contributed by atoms with Gasteiger partial charge in [-0.2, -0.15) is 0 Å². The third-order valence-electron chi connectivity index (χ3n) is 5.83. The summed E-state index contributed by atoms with van der Waals surface area (Å²) in [7, 11) is 0. The number of hydrogen-bond acceptors (Lipinski definition) is 6. The molecule has 0 aliphatic carbocycles. The van der Waals surface area contributed by atoms with Crippen LogP contribution in [0.3, 0.4) is 0 Å². The Balaban J connectivity index is 1.58. The maximum atomic E-state index is 12.7. The monoisotopic (exact) mass is 465 g/mol. The van der Waals surface area contributed by atoms with Crippen molar-refractivity contribution in [3.63, 3.8) is 0 Å². The number of esters is 2. The van der Waals surface area contributed by atoms with Crippen LogP contribution in [-0.2, 0) is 19.1 Å². The van der Waals surface area contributed by atoms with E-state index in [9.17, 15) is 19.2 Å². The summed E-state index contributed by atoms with van der Waals surface area (Å²) < 4.78 is 10.8. The van der Waals surface area contributed by atoms with Crippen molar-refractivity contribution in [2.24, 2.45) is 5.92 Å². The summed E-state index contributed by atoms with van der Waals surface area (Å²) in [6, 6.07) is 15.3. The first-order chi connectivity index (χ1) is 16.4. The predicted molar refractivity (Wildman–Crippen MR) is 128 cm³/mol. The second kappa shape index (κ2) is 12.1. The average molecular weight is 466 g/mol. The summed E-state index contributed by atoms with van der Waals surface area (Å²) in [5, 5.41) is 0. The number of hydrogen-bond donors (Lipinski definition) is 0. The Morgan fingerprint density at radius 2 is 1.68 bits per heavy atom. The highest BCUT2D eigenvalue weighted by Gasteiger charge is 2.37. The Bertz CT molecular complexity index is 1000. The fourth-order valence-electron chi connectivity index (χ4n) is 3.84. The molecule has 0 saturated carbocycles. The molecule has 0 unspecified atom stereocenters. The van der Waals surface area contributed by atoms with Crippen molar-refractivity contribution < 1.29 is 28.7 Å². The lowest BCUT2D eigenvalue weighted by Gasteiger charge is -2.19. The van der Waals surface area contributed by atoms with Gasteiger partial charge in [0.2, 0.25) is 11.7 Å². The third-order valence-corrected chi connectivity index (χ3v) is 5.83. The summed E-state index contributed by atoms with van der Waals surface area (Å²) in [4.78, 5) is 51.6. The fourth-order valence-corrected chi connectivity index (χ4v) is 3.84. The molecule has 1 heterocycles. The number of carbonyl (C=O) groups is 4. The first-order valence-electron chi connectivity index (χ1n) is 11.8. The van der Waals surface area contributed by atoms with Gasteiger partial charge in [-0.15, -0.1) is 0 Å². The average Bonchev–Trinajstić information content (AvgIpc) is 3.26. The number of amides is 1. The van der Waals surface area contributed by atoms with Crippen LogP contribution in [0.25, 0.3) is 0 Å². The number of Topliss-reactive ketones (excluding diaryl/α,β-unsaturated/α-hetero) is 1. The van der Waals surface area contributed by atoms with Crippen LogP contribution >= 0.6 is 0 Å². The van der Waals surface area contributed by atoms with Crippen molar-refractivity contribution in [2.75, 3.05) is 18.1 Å². The van der Waals surface area contributed by atoms with E-state index >= 15 is 0 Å². The van der Waals surface area contributed by atoms with Gasteiger partial charge in [0.05, 0.1) is 18.1 Å². The van der Waals surface area contributed by atoms with Crippen LogP contribution in [0.15, 0.2) is 54.6 Å². The predicted octanol–water partition coefficient (Wildman–Crippen LogP) is 4.59. The first-order valence-corrected chi connectivity index (χ1v) is 11.8. The Hall–Kier alpha value is -3.48. The van der Waals surface area contributed by atoms with E-state index in [1.54, 1.807) is 55.5 Å². The second-order valence-corrected chi connectivity index (χ2v) is 8.36. The summed E-state index contributed by atoms with van der Waals surface area (Å²) in [6.07, 6.45) is 2.35. The van der Waals surface area contributed by atoms with Crippen LogP contribution in [-0.4, -0.2) is 42.9 Å². The van der Waals surface area contributed by atoms with Crippen molar-refractivity contribution in [1.29, 1.82) is 0 Å². The number of anilines is 1. The molecule has 7 nitrogen and oxygen atoms in total. The molecule has 0 aromatic heterocycles. The van der Waals surface area contributed by atoms with Gasteiger partial charge in [0.25, 0.3) is 0 Å². The van der Waals surface area contributed by atoms with Gasteiger partial charge in [-0.1, -0.05) is 57.0 Å². The van der Waals surface area contributed by atoms with Crippen molar-refractivity contribution in [3.05, 3.63) is 65.7 Å². The molecule has 0 radical (unpaired) electrons. The van der Waals surface area contributed by atoms with Gasteiger partial charge >= 0.3 is 11.9 Å². The molecule has 180 valence electrons. The Kier molecular flexibility index (Phi) is 8.96. The number of ketones is 1. The van der Waals surface area contributed by atoms with Crippen molar-refractivity contribution >= 4 is 29.3 Å². The van der Waals surface area contributed by atoms with Gasteiger partial charge in [0.15, 0.2) is 6.10 Å². The summed E-state index contributed by atoms with van der Waals surface area (Å²) in [5.41, 5.74) is 1.48. The number of rotatable bonds is 11. The van der Waals surface area contributed by atoms with Gasteiger partial charge in [0, 0.05) is 24.2 Å². The number of ether oxygens (including phenoxy) is 2. The van der Waals surface area contributed by atoms with E-state index in [0.717, 1.165) is 19.3 Å². The molecule has 1 saturated heterocycles. The van der Waals surface area contributed by atoms with Crippen LogP contribution in [0, 0.1) is 5.92 Å². The third kappa shape index (κ3) is 6.31. The van der Waals surface area contributed by atoms with Gasteiger partial charge < -0.3 is 14.4 Å². The zero-order valence-electron chi connectivity index (χ0n) is 19.7. The lowest BCUT2D eigenvalue weighted by atomic mass is 10.0. The quantitative estimate of drug-likeness (QED) is 0.274. The van der Waals surface area contributed by atoms with E-state index in [0.29, 0.717) is 29.8 Å². The standard InChI is InChI=1S/C27H31NO6/c1-3-5-9-16-33-26(31)20-12-14-22(15-13-20)28-18-21(17-24(28)29)27(32)34-23(4-2)25(30)19-10-7-6-8-11-19/h6-8,10-15,21,23H,3-5,9,16-18H2,1-2H3/t21-,23-/m1/s1. The highest BCUT2D eigenvalue weighted by Crippen LogP contribution is 2.27. The van der Waals surface area contributed by atoms with Crippen molar-refractivity contribution in [1.82, 2.24) is 0 Å². The normalized spacial score (nSPS) is 16.2. The molecule has 1 amide bonds. The van der Waals surface area contributed by atoms with E-state index in [4.69, 9.17) is 9.47 Å². The first kappa shape index (κ1) is 25.1. The molecule has 34 heavy (non-hydrogen) atoms. The maximum Gasteiger partial charge on any atom is 0.338 e. The summed E-state index contributed by atoms with van der Waals surface area (Å²) in [6.45, 7) is 4.40. The molecule has 1 aliphatic rings. The van der Waals surface area contributed by atoms with E-state index in [1.807, 2.05) is 6.07 Å². The van der Waals surface area contributed by atoms with Gasteiger partial charge in [-0.05, 0) is 37.1 Å². The molecule has 0 N–H and O–H groups in total. The Morgan fingerprint density at radius 1 is 0.971 bits per heavy atom. The SMILES string of the molecule is CCCCCOC(=O)c1ccc(N2C[C@H](C(=O)O[C@H](CC)C(=O)c3ccccc3)CC2=O)cc1. The molecule has 0 spiro atoms. The largest absolute Gasteiger partial charge is 0.462 e. The second-order valence-electron chi connectivity index (χ2n) is 8.36. The molecule has 1 fully saturated rings. The van der Waals surface area contributed by atoms with Crippen LogP contribution in [0.2, 0.25) is 0 Å². The molecule has 7 heteroatoms. The smallest absolute Gasteiger partial charge is 0.338 e. The Labute approximate surface area is 200 Å². The lowest BCUT2D eigenvalue weighted by Crippen LogP contribution is -2.31. The number of carbonyl (C=O) groups excluding carboxylic acids is 4. The van der Waals surface area contributed by atoms with E-state index < -0.39 is 24.0 Å². The minimum absolute atomic E-state index is 0.00994. The molecule has 2 atom stereocenters. The molecular weight excluding hydrogens is 434 g/mol. The topological polar surface area (TPSA) is 90.0 Å². The molecular formula is C27H31NO6. The molecule has 2 aromatic carbocycles. The lowest BCUT2D eigenvalue weighted by molar-refractivity contribution is -0.151. The maximum absolute atomic E-state index is 12.7. The van der Waals surface area contributed by atoms with E-state index in [-0.39, 0.29) is 24.7 Å². The van der Waals surface area contributed by atoms with Gasteiger partial charge in [0.1, 0.15) is 0 Å². The molecule has 2 aromatic rings. The van der Waals surface area contributed by atoms with E-state index in [1.165, 1.54) is 4.90 Å². The van der Waals surface area contributed by atoms with Crippen LogP contribution < -0.4 is 4.90 Å². The van der Waals surface area contributed by atoms with Crippen LogP contribution in [0.4, 0.5) is 5.69 Å². The highest BCUT2D eigenvalue weighted by atomic mass is 16.5. The summed E-state index contributed by atoms with van der Waals surface area (Å²) in [5.74, 6) is -2.08. The minimum Gasteiger partial charge on any atom is -0.462 e. The fraction of sp³-hybridized carbons (Fsp3) is 0.407. The number of nitrogens with zero attached hydrogens (tertiary/aromatic N) is 1. The van der Waals surface area contributed by atoms with Crippen LogP contribution in [0.1, 0.15) is 66.7 Å². The molecule has 0 bridgehead atoms. The van der Waals surface area contributed by atoms with Crippen LogP contribution in [0.5, 0.6) is 0 Å². The minimum atomic E-state index is -0.887. The summed E-state index contributed by atoms with van der Waals surface area (Å²) >= 11 is 0. The number of benzene rings is 2.